The van der Waals surface area contributed by atoms with Crippen molar-refractivity contribution in [1.82, 2.24) is 5.32 Å². The molecule has 1 aliphatic heterocycles. The average Bonchev–Trinajstić information content (AvgIpc) is 2.85. The molecule has 0 saturated heterocycles. The Kier molecular flexibility index (Phi) is 7.71. The van der Waals surface area contributed by atoms with Gasteiger partial charge in [-0.1, -0.05) is 19.4 Å². The van der Waals surface area contributed by atoms with Crippen molar-refractivity contribution in [3.63, 3.8) is 0 Å². The summed E-state index contributed by atoms with van der Waals surface area (Å²) in [4.78, 5) is 40.1. The fraction of sp³-hybridized carbons (Fsp3) is 0.536. The summed E-state index contributed by atoms with van der Waals surface area (Å²) in [6, 6.07) is 4.83. The molecule has 0 amide bonds. The van der Waals surface area contributed by atoms with Crippen LogP contribution < -0.4 is 10.1 Å². The molecule has 0 unspecified atom stereocenters. The third kappa shape index (κ3) is 4.86. The minimum absolute atomic E-state index is 0.0354. The number of hydrogen-bond acceptors (Lipinski definition) is 8. The summed E-state index contributed by atoms with van der Waals surface area (Å²) >= 11 is 0. The van der Waals surface area contributed by atoms with E-state index in [4.69, 9.17) is 14.2 Å². The molecule has 3 atom stereocenters. The minimum atomic E-state index is -0.962. The summed E-state index contributed by atoms with van der Waals surface area (Å²) in [7, 11) is 1.27. The highest BCUT2D eigenvalue weighted by Crippen LogP contribution is 2.47. The van der Waals surface area contributed by atoms with E-state index >= 15 is 0 Å². The number of aromatic hydroxyl groups is 1. The Hall–Kier alpha value is -3.29. The average molecular weight is 498 g/mol. The third-order valence-corrected chi connectivity index (χ3v) is 7.41. The first-order valence-corrected chi connectivity index (χ1v) is 12.8. The number of phenolic OH excluding ortho intramolecular Hbond substituents is 1. The number of dihydropyridines is 1. The highest BCUT2D eigenvalue weighted by Gasteiger charge is 2.47. The maximum absolute atomic E-state index is 13.8. The Morgan fingerprint density at radius 2 is 1.89 bits per heavy atom. The summed E-state index contributed by atoms with van der Waals surface area (Å²) in [6.07, 6.45) is 5.09. The van der Waals surface area contributed by atoms with E-state index in [0.29, 0.717) is 41.1 Å². The van der Waals surface area contributed by atoms with E-state index in [2.05, 4.69) is 5.32 Å². The predicted molar refractivity (Wildman–Crippen MR) is 132 cm³/mol. The van der Waals surface area contributed by atoms with Gasteiger partial charge in [-0.3, -0.25) is 9.59 Å². The van der Waals surface area contributed by atoms with Gasteiger partial charge in [-0.15, -0.1) is 0 Å². The smallest absolute Gasteiger partial charge is 0.337 e. The maximum Gasteiger partial charge on any atom is 0.337 e. The van der Waals surface area contributed by atoms with Gasteiger partial charge in [0.05, 0.1) is 19.3 Å². The second-order valence-corrected chi connectivity index (χ2v) is 9.86. The van der Waals surface area contributed by atoms with Crippen LogP contribution in [0, 0.1) is 11.8 Å². The van der Waals surface area contributed by atoms with Crippen LogP contribution in [-0.4, -0.2) is 42.6 Å². The molecule has 3 aliphatic rings. The van der Waals surface area contributed by atoms with Gasteiger partial charge >= 0.3 is 11.9 Å². The molecular weight excluding hydrogens is 462 g/mol. The molecule has 2 N–H and O–H groups in total. The van der Waals surface area contributed by atoms with Gasteiger partial charge < -0.3 is 24.6 Å². The van der Waals surface area contributed by atoms with Crippen LogP contribution >= 0.6 is 0 Å². The molecule has 0 aromatic heterocycles. The highest BCUT2D eigenvalue weighted by molar-refractivity contribution is 6.12. The normalized spacial score (nSPS) is 24.7. The number of Topliss-reactive ketones (excluding diaryl/α,β-unsaturated/α-hetero) is 1. The highest BCUT2D eigenvalue weighted by atomic mass is 16.5. The van der Waals surface area contributed by atoms with E-state index in [1.54, 1.807) is 26.0 Å². The van der Waals surface area contributed by atoms with Crippen molar-refractivity contribution < 1.29 is 33.7 Å². The van der Waals surface area contributed by atoms with Crippen molar-refractivity contribution >= 4 is 17.7 Å². The van der Waals surface area contributed by atoms with Crippen molar-refractivity contribution in [1.29, 1.82) is 0 Å². The van der Waals surface area contributed by atoms with E-state index in [-0.39, 0.29) is 29.3 Å². The van der Waals surface area contributed by atoms with Gasteiger partial charge in [0.2, 0.25) is 0 Å². The molecule has 1 heterocycles. The third-order valence-electron chi connectivity index (χ3n) is 7.41. The Labute approximate surface area is 211 Å². The number of carbonyl (C=O) groups excluding carboxylic acids is 3. The number of allylic oxidation sites excluding steroid dienone is 3. The van der Waals surface area contributed by atoms with Crippen molar-refractivity contribution in [2.24, 2.45) is 11.8 Å². The van der Waals surface area contributed by atoms with E-state index in [1.165, 1.54) is 13.2 Å². The summed E-state index contributed by atoms with van der Waals surface area (Å²) in [5.41, 5.74) is 2.60. The van der Waals surface area contributed by atoms with Crippen molar-refractivity contribution in [3.8, 4) is 11.5 Å². The van der Waals surface area contributed by atoms with Crippen LogP contribution in [0.4, 0.5) is 0 Å². The molecular formula is C28H35NO7. The van der Waals surface area contributed by atoms with Crippen LogP contribution in [0.1, 0.15) is 70.8 Å². The Bertz CT molecular complexity index is 1110. The maximum atomic E-state index is 13.8. The first-order valence-electron chi connectivity index (χ1n) is 12.8. The molecule has 0 bridgehead atoms. The van der Waals surface area contributed by atoms with E-state index in [1.807, 2.05) is 6.92 Å². The largest absolute Gasteiger partial charge is 0.504 e. The Morgan fingerprint density at radius 1 is 1.17 bits per heavy atom. The predicted octanol–water partition coefficient (Wildman–Crippen LogP) is 4.28. The van der Waals surface area contributed by atoms with Crippen LogP contribution in [0.15, 0.2) is 40.7 Å². The molecule has 1 fully saturated rings. The van der Waals surface area contributed by atoms with Crippen LogP contribution in [0.3, 0.4) is 0 Å². The Morgan fingerprint density at radius 3 is 2.56 bits per heavy atom. The molecule has 36 heavy (non-hydrogen) atoms. The van der Waals surface area contributed by atoms with Crippen LogP contribution in [0.25, 0.3) is 0 Å². The van der Waals surface area contributed by atoms with E-state index in [0.717, 1.165) is 32.1 Å². The molecule has 8 heteroatoms. The van der Waals surface area contributed by atoms with Crippen molar-refractivity contribution in [2.75, 3.05) is 13.7 Å². The zero-order chi connectivity index (χ0) is 26.0. The molecule has 0 spiro atoms. The number of hydrogen-bond donors (Lipinski definition) is 2. The number of ether oxygens (including phenoxy) is 3. The quantitative estimate of drug-likeness (QED) is 0.443. The molecule has 4 rings (SSSR count). The zero-order valence-electron chi connectivity index (χ0n) is 21.4. The monoisotopic (exact) mass is 497 g/mol. The van der Waals surface area contributed by atoms with Gasteiger partial charge in [-0.25, -0.2) is 4.79 Å². The SMILES string of the molecule is CCOc1cc([C@@H]2C(C(=O)OC3CCCCC3)=C(C)NC3=C2C(=O)[C@@H](C(=O)OC)[C@@H](C)C3)ccc1O. The molecule has 1 aromatic rings. The lowest BCUT2D eigenvalue weighted by Crippen LogP contribution is -2.43. The van der Waals surface area contributed by atoms with Gasteiger partial charge in [0.1, 0.15) is 12.0 Å². The lowest BCUT2D eigenvalue weighted by molar-refractivity contribution is -0.151. The minimum Gasteiger partial charge on any atom is -0.504 e. The fourth-order valence-corrected chi connectivity index (χ4v) is 5.66. The lowest BCUT2D eigenvalue weighted by atomic mass is 9.69. The lowest BCUT2D eigenvalue weighted by Gasteiger charge is -2.38. The van der Waals surface area contributed by atoms with Gasteiger partial charge in [-0.2, -0.15) is 0 Å². The first-order chi connectivity index (χ1) is 17.3. The van der Waals surface area contributed by atoms with Gasteiger partial charge in [0.15, 0.2) is 17.3 Å². The number of methoxy groups -OCH3 is 1. The molecule has 8 nitrogen and oxygen atoms in total. The number of rotatable bonds is 6. The van der Waals surface area contributed by atoms with Gasteiger partial charge in [-0.05, 0) is 69.6 Å². The number of phenols is 1. The molecule has 1 saturated carbocycles. The van der Waals surface area contributed by atoms with Gasteiger partial charge in [0.25, 0.3) is 0 Å². The summed E-state index contributed by atoms with van der Waals surface area (Å²) in [5.74, 6) is -3.21. The number of esters is 2. The zero-order valence-corrected chi connectivity index (χ0v) is 21.4. The summed E-state index contributed by atoms with van der Waals surface area (Å²) in [5, 5.41) is 13.6. The van der Waals surface area contributed by atoms with Crippen LogP contribution in [0.5, 0.6) is 11.5 Å². The van der Waals surface area contributed by atoms with E-state index in [9.17, 15) is 19.5 Å². The fourth-order valence-electron chi connectivity index (χ4n) is 5.66. The summed E-state index contributed by atoms with van der Waals surface area (Å²) in [6.45, 7) is 5.80. The number of nitrogens with one attached hydrogen (secondary N) is 1. The molecule has 194 valence electrons. The molecule has 0 radical (unpaired) electrons. The van der Waals surface area contributed by atoms with Crippen molar-refractivity contribution in [2.45, 2.75) is 71.3 Å². The molecule has 2 aliphatic carbocycles. The standard InChI is InChI=1S/C28H35NO7/c1-5-35-21-14-17(11-12-20(21)30)24-23(28(33)36-18-9-7-6-8-10-18)16(3)29-19-13-15(2)22(27(32)34-4)26(31)25(19)24/h11-12,14-15,18,22,24,29-30H,5-10,13H2,1-4H3/t15-,22-,24+/m0/s1. The first kappa shape index (κ1) is 25.8. The number of ketones is 1. The van der Waals surface area contributed by atoms with Crippen LogP contribution in [0.2, 0.25) is 0 Å². The number of carbonyl (C=O) groups is 3. The Balaban J connectivity index is 1.82. The topological polar surface area (TPSA) is 111 Å². The van der Waals surface area contributed by atoms with Gasteiger partial charge in [0, 0.05) is 22.9 Å². The second-order valence-electron chi connectivity index (χ2n) is 9.86. The molecule has 1 aromatic carbocycles. The number of benzene rings is 1. The second kappa shape index (κ2) is 10.8. The van der Waals surface area contributed by atoms with E-state index < -0.39 is 23.8 Å². The van der Waals surface area contributed by atoms with Crippen LogP contribution in [-0.2, 0) is 23.9 Å². The van der Waals surface area contributed by atoms with Crippen molar-refractivity contribution in [3.05, 3.63) is 46.3 Å². The summed E-state index contributed by atoms with van der Waals surface area (Å²) < 4.78 is 16.5.